The maximum atomic E-state index is 13.5. The van der Waals surface area contributed by atoms with Crippen LogP contribution in [0.4, 0.5) is 17.6 Å². The molecule has 1 heterocycles. The number of aromatic amines is 1. The molecule has 0 aliphatic rings. The van der Waals surface area contributed by atoms with Crippen molar-refractivity contribution < 1.29 is 27.1 Å². The molecule has 22 heavy (non-hydrogen) atoms. The number of hydrogen-bond donors (Lipinski definition) is 1. The molecule has 0 fully saturated rings. The molecule has 0 saturated heterocycles. The molecule has 1 aromatic carbocycles. The fourth-order valence-corrected chi connectivity index (χ4v) is 2.09. The summed E-state index contributed by atoms with van der Waals surface area (Å²) in [5.41, 5.74) is -2.27. The Morgan fingerprint density at radius 2 is 1.91 bits per heavy atom. The van der Waals surface area contributed by atoms with Gasteiger partial charge in [0.05, 0.1) is 24.1 Å². The van der Waals surface area contributed by atoms with Gasteiger partial charge in [0, 0.05) is 5.56 Å². The number of esters is 1. The third kappa shape index (κ3) is 2.81. The number of hydrogen-bond acceptors (Lipinski definition) is 3. The van der Waals surface area contributed by atoms with E-state index in [1.54, 1.807) is 0 Å². The minimum absolute atomic E-state index is 0.0286. The van der Waals surface area contributed by atoms with Gasteiger partial charge in [0.2, 0.25) is 0 Å². The van der Waals surface area contributed by atoms with Crippen LogP contribution in [-0.4, -0.2) is 18.1 Å². The number of aromatic nitrogens is 1. The first-order valence-corrected chi connectivity index (χ1v) is 6.16. The van der Waals surface area contributed by atoms with Crippen LogP contribution in [0.1, 0.15) is 24.0 Å². The summed E-state index contributed by atoms with van der Waals surface area (Å²) in [5, 5.41) is -0.0286. The Labute approximate surface area is 121 Å². The summed E-state index contributed by atoms with van der Waals surface area (Å²) < 4.78 is 56.1. The van der Waals surface area contributed by atoms with Crippen LogP contribution >= 0.6 is 0 Å². The highest BCUT2D eigenvalue weighted by atomic mass is 19.4. The van der Waals surface area contributed by atoms with Gasteiger partial charge >= 0.3 is 12.1 Å². The van der Waals surface area contributed by atoms with Crippen molar-refractivity contribution in [1.82, 2.24) is 4.98 Å². The van der Waals surface area contributed by atoms with Gasteiger partial charge in [0.1, 0.15) is 5.82 Å². The fraction of sp³-hybridized carbons (Fsp3) is 0.286. The van der Waals surface area contributed by atoms with Gasteiger partial charge in [0.25, 0.3) is 5.56 Å². The molecule has 0 bridgehead atoms. The second-order valence-electron chi connectivity index (χ2n) is 4.72. The third-order valence-corrected chi connectivity index (χ3v) is 3.29. The Balaban J connectivity index is 2.69. The van der Waals surface area contributed by atoms with Gasteiger partial charge in [-0.15, -0.1) is 0 Å². The molecule has 118 valence electrons. The summed E-state index contributed by atoms with van der Waals surface area (Å²) in [4.78, 5) is 25.6. The summed E-state index contributed by atoms with van der Waals surface area (Å²) in [7, 11) is 1.13. The smallest absolute Gasteiger partial charge is 0.419 e. The van der Waals surface area contributed by atoms with Crippen LogP contribution in [0.5, 0.6) is 0 Å². The van der Waals surface area contributed by atoms with Gasteiger partial charge in [-0.3, -0.25) is 9.59 Å². The number of rotatable bonds is 2. The van der Waals surface area contributed by atoms with E-state index in [1.165, 1.54) is 6.92 Å². The average molecular weight is 317 g/mol. The lowest BCUT2D eigenvalue weighted by Gasteiger charge is -2.12. The number of fused-ring (bicyclic) bond motifs is 1. The van der Waals surface area contributed by atoms with Crippen molar-refractivity contribution >= 4 is 16.9 Å². The minimum atomic E-state index is -4.86. The SMILES string of the molecule is COC(=O)C(C)c1cc2cc(C(F)(F)F)c(F)cc2[nH]c1=O. The van der Waals surface area contributed by atoms with Crippen LogP contribution in [0, 0.1) is 5.82 Å². The van der Waals surface area contributed by atoms with E-state index in [0.717, 1.165) is 13.2 Å². The van der Waals surface area contributed by atoms with Crippen molar-refractivity contribution in [3.8, 4) is 0 Å². The maximum Gasteiger partial charge on any atom is 0.419 e. The first-order chi connectivity index (χ1) is 10.1. The standard InChI is InChI=1S/C14H11F4NO3/c1-6(13(21)22-2)8-3-7-4-9(14(16,17)18)10(15)5-11(7)19-12(8)20/h3-6H,1-2H3,(H,19,20). The number of benzene rings is 1. The lowest BCUT2D eigenvalue weighted by molar-refractivity contribution is -0.142. The van der Waals surface area contributed by atoms with Gasteiger partial charge in [-0.2, -0.15) is 13.2 Å². The number of alkyl halides is 3. The van der Waals surface area contributed by atoms with E-state index in [0.29, 0.717) is 12.1 Å². The zero-order valence-electron chi connectivity index (χ0n) is 11.5. The van der Waals surface area contributed by atoms with E-state index < -0.39 is 35.0 Å². The summed E-state index contributed by atoms with van der Waals surface area (Å²) in [5.74, 6) is -3.15. The Hall–Kier alpha value is -2.38. The van der Waals surface area contributed by atoms with Crippen molar-refractivity contribution in [2.75, 3.05) is 7.11 Å². The van der Waals surface area contributed by atoms with E-state index in [-0.39, 0.29) is 16.5 Å². The van der Waals surface area contributed by atoms with Crippen LogP contribution in [0.2, 0.25) is 0 Å². The molecule has 4 nitrogen and oxygen atoms in total. The number of pyridine rings is 1. The summed E-state index contributed by atoms with van der Waals surface area (Å²) in [6, 6.07) is 2.32. The van der Waals surface area contributed by atoms with Crippen molar-refractivity contribution in [1.29, 1.82) is 0 Å². The van der Waals surface area contributed by atoms with Crippen molar-refractivity contribution in [2.45, 2.75) is 19.0 Å². The topological polar surface area (TPSA) is 59.2 Å². The molecule has 1 N–H and O–H groups in total. The van der Waals surface area contributed by atoms with Crippen LogP contribution in [0.3, 0.4) is 0 Å². The summed E-state index contributed by atoms with van der Waals surface area (Å²) >= 11 is 0. The Bertz CT molecular complexity index is 795. The maximum absolute atomic E-state index is 13.5. The van der Waals surface area contributed by atoms with Crippen molar-refractivity contribution in [3.05, 3.63) is 45.5 Å². The van der Waals surface area contributed by atoms with Crippen molar-refractivity contribution in [2.24, 2.45) is 0 Å². The zero-order chi connectivity index (χ0) is 16.7. The molecule has 1 atom stereocenters. The van der Waals surface area contributed by atoms with Crippen LogP contribution in [-0.2, 0) is 15.7 Å². The predicted octanol–water partition coefficient (Wildman–Crippen LogP) is 2.96. The normalized spacial score (nSPS) is 13.2. The summed E-state index contributed by atoms with van der Waals surface area (Å²) in [6.45, 7) is 1.39. The summed E-state index contributed by atoms with van der Waals surface area (Å²) in [6.07, 6.45) is -4.86. The monoisotopic (exact) mass is 317 g/mol. The Kier molecular flexibility index (Phi) is 3.95. The highest BCUT2D eigenvalue weighted by Gasteiger charge is 2.34. The lowest BCUT2D eigenvalue weighted by Crippen LogP contribution is -2.21. The lowest BCUT2D eigenvalue weighted by atomic mass is 10.00. The second-order valence-corrected chi connectivity index (χ2v) is 4.72. The van der Waals surface area contributed by atoms with Gasteiger partial charge < -0.3 is 9.72 Å². The molecule has 0 aliphatic carbocycles. The second kappa shape index (κ2) is 5.43. The average Bonchev–Trinajstić information content (AvgIpc) is 2.43. The molecule has 0 saturated carbocycles. The number of carbonyl (C=O) groups excluding carboxylic acids is 1. The zero-order valence-corrected chi connectivity index (χ0v) is 11.5. The number of H-pyrrole nitrogens is 1. The fourth-order valence-electron chi connectivity index (χ4n) is 2.09. The highest BCUT2D eigenvalue weighted by molar-refractivity contribution is 5.83. The number of halogens is 4. The third-order valence-electron chi connectivity index (χ3n) is 3.29. The number of methoxy groups -OCH3 is 1. The number of nitrogens with one attached hydrogen (secondary N) is 1. The molecular weight excluding hydrogens is 306 g/mol. The van der Waals surface area contributed by atoms with Crippen LogP contribution in [0.25, 0.3) is 10.9 Å². The molecule has 2 rings (SSSR count). The minimum Gasteiger partial charge on any atom is -0.469 e. The van der Waals surface area contributed by atoms with Gasteiger partial charge in [-0.1, -0.05) is 0 Å². The molecule has 0 amide bonds. The molecule has 0 aliphatic heterocycles. The molecule has 2 aromatic rings. The molecule has 0 radical (unpaired) electrons. The van der Waals surface area contributed by atoms with E-state index in [4.69, 9.17) is 0 Å². The largest absolute Gasteiger partial charge is 0.469 e. The first-order valence-electron chi connectivity index (χ1n) is 6.16. The predicted molar refractivity (Wildman–Crippen MR) is 70.0 cm³/mol. The molecule has 1 unspecified atom stereocenters. The van der Waals surface area contributed by atoms with Gasteiger partial charge in [0.15, 0.2) is 0 Å². The number of carbonyl (C=O) groups is 1. The quantitative estimate of drug-likeness (QED) is 0.684. The Morgan fingerprint density at radius 3 is 2.45 bits per heavy atom. The van der Waals surface area contributed by atoms with Crippen LogP contribution in [0.15, 0.2) is 23.0 Å². The molecular formula is C14H11F4NO3. The van der Waals surface area contributed by atoms with Crippen molar-refractivity contribution in [3.63, 3.8) is 0 Å². The number of ether oxygens (including phenoxy) is 1. The van der Waals surface area contributed by atoms with E-state index in [1.807, 2.05) is 0 Å². The van der Waals surface area contributed by atoms with Gasteiger partial charge in [-0.05, 0) is 30.5 Å². The molecule has 1 aromatic heterocycles. The van der Waals surface area contributed by atoms with Gasteiger partial charge in [-0.25, -0.2) is 4.39 Å². The Morgan fingerprint density at radius 1 is 1.27 bits per heavy atom. The van der Waals surface area contributed by atoms with E-state index >= 15 is 0 Å². The molecule has 0 spiro atoms. The van der Waals surface area contributed by atoms with E-state index in [2.05, 4.69) is 9.72 Å². The molecule has 8 heteroatoms. The first kappa shape index (κ1) is 16.0. The highest BCUT2D eigenvalue weighted by Crippen LogP contribution is 2.33. The van der Waals surface area contributed by atoms with Crippen LogP contribution < -0.4 is 5.56 Å². The van der Waals surface area contributed by atoms with E-state index in [9.17, 15) is 27.2 Å².